The van der Waals surface area contributed by atoms with Crippen LogP contribution in [0.4, 0.5) is 0 Å². The Labute approximate surface area is 121 Å². The highest BCUT2D eigenvalue weighted by Gasteiger charge is 2.23. The molecule has 0 spiro atoms. The van der Waals surface area contributed by atoms with Crippen LogP contribution >= 0.6 is 11.3 Å². The maximum absolute atomic E-state index is 12.3. The number of nitrogens with zero attached hydrogens (tertiary/aromatic N) is 2. The molecular formula is C13H17N5OS. The molecule has 0 saturated carbocycles. The zero-order chi connectivity index (χ0) is 14.1. The Bertz CT molecular complexity index is 632. The minimum atomic E-state index is -0.147. The van der Waals surface area contributed by atoms with Crippen molar-refractivity contribution in [1.29, 1.82) is 0 Å². The van der Waals surface area contributed by atoms with Crippen molar-refractivity contribution in [2.75, 3.05) is 6.54 Å². The van der Waals surface area contributed by atoms with Gasteiger partial charge in [0.25, 0.3) is 5.91 Å². The summed E-state index contributed by atoms with van der Waals surface area (Å²) in [7, 11) is 0. The number of aryl methyl sites for hydroxylation is 1. The number of H-pyrrole nitrogens is 1. The van der Waals surface area contributed by atoms with Crippen molar-refractivity contribution in [2.45, 2.75) is 32.9 Å². The Morgan fingerprint density at radius 2 is 2.40 bits per heavy atom. The van der Waals surface area contributed by atoms with E-state index in [1.54, 1.807) is 11.3 Å². The Kier molecular flexibility index (Phi) is 3.54. The summed E-state index contributed by atoms with van der Waals surface area (Å²) in [6, 6.07) is -0.106. The van der Waals surface area contributed by atoms with Crippen LogP contribution in [-0.4, -0.2) is 27.6 Å². The summed E-state index contributed by atoms with van der Waals surface area (Å²) in [6.07, 6.45) is 0.886. The number of aromatic nitrogens is 3. The summed E-state index contributed by atoms with van der Waals surface area (Å²) in [5.74, 6) is -0.147. The van der Waals surface area contributed by atoms with Crippen LogP contribution in [0.15, 0.2) is 5.38 Å². The number of nitrogens with one attached hydrogen (secondary N) is 3. The molecule has 6 nitrogen and oxygen atoms in total. The molecule has 7 heteroatoms. The predicted octanol–water partition coefficient (Wildman–Crippen LogP) is 1.31. The Balaban J connectivity index is 1.75. The van der Waals surface area contributed by atoms with E-state index in [9.17, 15) is 4.79 Å². The summed E-state index contributed by atoms with van der Waals surface area (Å²) in [5.41, 5.74) is 3.52. The summed E-state index contributed by atoms with van der Waals surface area (Å²) in [4.78, 5) is 16.7. The second-order valence-electron chi connectivity index (χ2n) is 4.98. The first kappa shape index (κ1) is 13.3. The molecule has 3 heterocycles. The van der Waals surface area contributed by atoms with Crippen LogP contribution in [0.2, 0.25) is 0 Å². The van der Waals surface area contributed by atoms with Crippen LogP contribution in [0, 0.1) is 6.92 Å². The summed E-state index contributed by atoms with van der Waals surface area (Å²) in [5, 5.41) is 16.2. The minimum Gasteiger partial charge on any atom is -0.342 e. The van der Waals surface area contributed by atoms with E-state index in [0.29, 0.717) is 12.2 Å². The topological polar surface area (TPSA) is 82.7 Å². The Morgan fingerprint density at radius 1 is 1.55 bits per heavy atom. The SMILES string of the molecule is Cc1csc(C(C)NC(=O)c2n[nH]c3c2CNCC3)n1. The highest BCUT2D eigenvalue weighted by atomic mass is 32.1. The van der Waals surface area contributed by atoms with Crippen molar-refractivity contribution in [3.8, 4) is 0 Å². The lowest BCUT2D eigenvalue weighted by atomic mass is 10.1. The smallest absolute Gasteiger partial charge is 0.272 e. The molecule has 1 unspecified atom stereocenters. The third-order valence-electron chi connectivity index (χ3n) is 3.38. The summed E-state index contributed by atoms with van der Waals surface area (Å²) >= 11 is 1.56. The van der Waals surface area contributed by atoms with Crippen molar-refractivity contribution >= 4 is 17.2 Å². The van der Waals surface area contributed by atoms with Crippen LogP contribution in [-0.2, 0) is 13.0 Å². The first-order valence-electron chi connectivity index (χ1n) is 6.65. The van der Waals surface area contributed by atoms with Gasteiger partial charge in [-0.3, -0.25) is 9.89 Å². The highest BCUT2D eigenvalue weighted by Crippen LogP contribution is 2.19. The molecule has 0 radical (unpaired) electrons. The monoisotopic (exact) mass is 291 g/mol. The Morgan fingerprint density at radius 3 is 3.15 bits per heavy atom. The van der Waals surface area contributed by atoms with Gasteiger partial charge in [-0.05, 0) is 13.8 Å². The van der Waals surface area contributed by atoms with Gasteiger partial charge in [-0.1, -0.05) is 0 Å². The van der Waals surface area contributed by atoms with Crippen molar-refractivity contribution in [3.63, 3.8) is 0 Å². The first-order valence-corrected chi connectivity index (χ1v) is 7.53. The standard InChI is InChI=1S/C13H17N5OS/c1-7-6-20-13(15-7)8(2)16-12(19)11-9-5-14-4-3-10(9)17-18-11/h6,8,14H,3-5H2,1-2H3,(H,16,19)(H,17,18). The lowest BCUT2D eigenvalue weighted by molar-refractivity contribution is 0.0933. The number of carbonyl (C=O) groups is 1. The Hall–Kier alpha value is -1.73. The average Bonchev–Trinajstić information content (AvgIpc) is 3.04. The zero-order valence-electron chi connectivity index (χ0n) is 11.5. The predicted molar refractivity (Wildman–Crippen MR) is 76.7 cm³/mol. The maximum Gasteiger partial charge on any atom is 0.272 e. The van der Waals surface area contributed by atoms with E-state index < -0.39 is 0 Å². The molecule has 3 N–H and O–H groups in total. The molecule has 1 aliphatic rings. The highest BCUT2D eigenvalue weighted by molar-refractivity contribution is 7.09. The van der Waals surface area contributed by atoms with E-state index in [2.05, 4.69) is 25.8 Å². The molecule has 3 rings (SSSR count). The molecule has 1 aliphatic heterocycles. The molecular weight excluding hydrogens is 274 g/mol. The van der Waals surface area contributed by atoms with Gasteiger partial charge in [-0.25, -0.2) is 4.98 Å². The molecule has 0 aliphatic carbocycles. The largest absolute Gasteiger partial charge is 0.342 e. The molecule has 0 aromatic carbocycles. The van der Waals surface area contributed by atoms with Crippen LogP contribution in [0.3, 0.4) is 0 Å². The van der Waals surface area contributed by atoms with E-state index >= 15 is 0 Å². The third-order valence-corrected chi connectivity index (χ3v) is 4.52. The van der Waals surface area contributed by atoms with Gasteiger partial charge >= 0.3 is 0 Å². The number of fused-ring (bicyclic) bond motifs is 1. The van der Waals surface area contributed by atoms with Crippen molar-refractivity contribution < 1.29 is 4.79 Å². The molecule has 1 amide bonds. The van der Waals surface area contributed by atoms with Gasteiger partial charge in [-0.15, -0.1) is 11.3 Å². The number of amides is 1. The van der Waals surface area contributed by atoms with Crippen molar-refractivity contribution in [1.82, 2.24) is 25.8 Å². The molecule has 1 atom stereocenters. The second-order valence-corrected chi connectivity index (χ2v) is 5.87. The minimum absolute atomic E-state index is 0.106. The number of aromatic amines is 1. The molecule has 0 saturated heterocycles. The second kappa shape index (κ2) is 5.34. The molecule has 2 aromatic heterocycles. The van der Waals surface area contributed by atoms with Crippen LogP contribution in [0.25, 0.3) is 0 Å². The van der Waals surface area contributed by atoms with E-state index in [1.807, 2.05) is 19.2 Å². The van der Waals surface area contributed by atoms with Gasteiger partial charge in [0.05, 0.1) is 6.04 Å². The molecule has 0 bridgehead atoms. The molecule has 2 aromatic rings. The number of carbonyl (C=O) groups excluding carboxylic acids is 1. The zero-order valence-corrected chi connectivity index (χ0v) is 12.3. The quantitative estimate of drug-likeness (QED) is 0.796. The van der Waals surface area contributed by atoms with Crippen LogP contribution in [0.1, 0.15) is 45.4 Å². The van der Waals surface area contributed by atoms with Gasteiger partial charge in [-0.2, -0.15) is 5.10 Å². The molecule has 0 fully saturated rings. The van der Waals surface area contributed by atoms with Gasteiger partial charge in [0.1, 0.15) is 5.01 Å². The van der Waals surface area contributed by atoms with Crippen LogP contribution < -0.4 is 10.6 Å². The first-order chi connectivity index (χ1) is 9.65. The normalized spacial score (nSPS) is 15.7. The average molecular weight is 291 g/mol. The summed E-state index contributed by atoms with van der Waals surface area (Å²) in [6.45, 7) is 5.50. The number of thiazole rings is 1. The van der Waals surface area contributed by atoms with E-state index in [0.717, 1.165) is 34.9 Å². The summed E-state index contributed by atoms with van der Waals surface area (Å²) < 4.78 is 0. The van der Waals surface area contributed by atoms with Gasteiger partial charge in [0.2, 0.25) is 0 Å². The van der Waals surface area contributed by atoms with Crippen molar-refractivity contribution in [3.05, 3.63) is 33.0 Å². The van der Waals surface area contributed by atoms with Gasteiger partial charge in [0.15, 0.2) is 5.69 Å². The van der Waals surface area contributed by atoms with E-state index in [1.165, 1.54) is 0 Å². The fourth-order valence-electron chi connectivity index (χ4n) is 2.31. The van der Waals surface area contributed by atoms with E-state index in [4.69, 9.17) is 0 Å². The fourth-order valence-corrected chi connectivity index (χ4v) is 3.11. The number of hydrogen-bond acceptors (Lipinski definition) is 5. The third kappa shape index (κ3) is 2.46. The van der Waals surface area contributed by atoms with Crippen LogP contribution in [0.5, 0.6) is 0 Å². The lowest BCUT2D eigenvalue weighted by Gasteiger charge is -2.14. The van der Waals surface area contributed by atoms with Crippen molar-refractivity contribution in [2.24, 2.45) is 0 Å². The number of hydrogen-bond donors (Lipinski definition) is 3. The van der Waals surface area contributed by atoms with Gasteiger partial charge in [0, 0.05) is 41.8 Å². The fraction of sp³-hybridized carbons (Fsp3) is 0.462. The molecule has 20 heavy (non-hydrogen) atoms. The van der Waals surface area contributed by atoms with Gasteiger partial charge < -0.3 is 10.6 Å². The number of rotatable bonds is 3. The molecule has 106 valence electrons. The maximum atomic E-state index is 12.3. The van der Waals surface area contributed by atoms with E-state index in [-0.39, 0.29) is 11.9 Å². The lowest BCUT2D eigenvalue weighted by Crippen LogP contribution is -2.30.